The first-order valence-electron chi connectivity index (χ1n) is 11.5. The molecule has 11 heteroatoms. The molecule has 4 aromatic rings. The van der Waals surface area contributed by atoms with Crippen LogP contribution in [0.15, 0.2) is 88.5 Å². The van der Waals surface area contributed by atoms with Crippen LogP contribution in [-0.2, 0) is 4.79 Å². The van der Waals surface area contributed by atoms with Crippen molar-refractivity contribution < 1.29 is 46.5 Å². The molecule has 1 aliphatic rings. The second-order valence-corrected chi connectivity index (χ2v) is 8.48. The van der Waals surface area contributed by atoms with Gasteiger partial charge in [-0.05, 0) is 42.0 Å². The first kappa shape index (κ1) is 25.7. The lowest BCUT2D eigenvalue weighted by atomic mass is 9.94. The van der Waals surface area contributed by atoms with Gasteiger partial charge in [0.15, 0.2) is 22.9 Å². The number of methoxy groups -OCH3 is 2. The number of alkyl halides is 3. The van der Waals surface area contributed by atoms with E-state index in [9.17, 15) is 27.9 Å². The van der Waals surface area contributed by atoms with Crippen molar-refractivity contribution >= 4 is 28.3 Å². The number of furan rings is 1. The minimum absolute atomic E-state index is 0.0461. The minimum atomic E-state index is -4.97. The maximum absolute atomic E-state index is 13.8. The summed E-state index contributed by atoms with van der Waals surface area (Å²) in [4.78, 5) is 28.2. The van der Waals surface area contributed by atoms with Gasteiger partial charge in [0.1, 0.15) is 11.5 Å². The number of carbonyl (C=O) groups excluding carboxylic acids is 2. The van der Waals surface area contributed by atoms with Crippen LogP contribution in [0.4, 0.5) is 18.9 Å². The molecule has 0 aliphatic carbocycles. The number of nitrogens with zero attached hydrogens (tertiary/aromatic N) is 1. The number of para-hydroxylation sites is 1. The number of rotatable bonds is 7. The molecular formula is C28H20F3NO7. The summed E-state index contributed by atoms with van der Waals surface area (Å²) in [5.74, 6) is -2.66. The monoisotopic (exact) mass is 539 g/mol. The summed E-state index contributed by atoms with van der Waals surface area (Å²) in [6, 6.07) is 16.3. The van der Waals surface area contributed by atoms with Gasteiger partial charge in [0.25, 0.3) is 5.91 Å². The number of carbonyl (C=O) groups is 2. The van der Waals surface area contributed by atoms with Gasteiger partial charge in [0.05, 0.1) is 25.8 Å². The van der Waals surface area contributed by atoms with Crippen LogP contribution in [-0.4, -0.2) is 37.4 Å². The van der Waals surface area contributed by atoms with E-state index in [2.05, 4.69) is 4.74 Å². The third kappa shape index (κ3) is 4.74. The lowest BCUT2D eigenvalue weighted by molar-refractivity contribution is -0.274. The highest BCUT2D eigenvalue weighted by Gasteiger charge is 2.46. The zero-order chi connectivity index (χ0) is 27.9. The molecule has 0 fully saturated rings. The fourth-order valence-electron chi connectivity index (χ4n) is 4.50. The molecular weight excluding hydrogens is 519 g/mol. The summed E-state index contributed by atoms with van der Waals surface area (Å²) in [5.41, 5.74) is 0.272. The third-order valence-electron chi connectivity index (χ3n) is 6.14. The Morgan fingerprint density at radius 2 is 1.67 bits per heavy atom. The lowest BCUT2D eigenvalue weighted by Gasteiger charge is -2.27. The number of fused-ring (bicyclic) bond motifs is 1. The minimum Gasteiger partial charge on any atom is -0.503 e. The smallest absolute Gasteiger partial charge is 0.503 e. The Hall–Kier alpha value is -4.93. The molecule has 200 valence electrons. The molecule has 0 radical (unpaired) electrons. The predicted molar refractivity (Wildman–Crippen MR) is 133 cm³/mol. The Morgan fingerprint density at radius 3 is 2.38 bits per heavy atom. The van der Waals surface area contributed by atoms with Crippen molar-refractivity contribution in [3.63, 3.8) is 0 Å². The Bertz CT molecular complexity index is 1620. The normalized spacial score (nSPS) is 15.7. The van der Waals surface area contributed by atoms with Gasteiger partial charge >= 0.3 is 6.36 Å². The van der Waals surface area contributed by atoms with Crippen LogP contribution < -0.4 is 19.1 Å². The van der Waals surface area contributed by atoms with Crippen LogP contribution >= 0.6 is 0 Å². The molecule has 0 saturated heterocycles. The van der Waals surface area contributed by atoms with Gasteiger partial charge in [-0.2, -0.15) is 0 Å². The zero-order valence-corrected chi connectivity index (χ0v) is 20.5. The van der Waals surface area contributed by atoms with Crippen LogP contribution in [0.3, 0.4) is 0 Å². The number of Topliss-reactive ketones (excluding diaryl/α,β-unsaturated/α-hetero) is 1. The van der Waals surface area contributed by atoms with E-state index in [1.165, 1.54) is 32.4 Å². The van der Waals surface area contributed by atoms with Gasteiger partial charge in [-0.3, -0.25) is 14.5 Å². The number of aliphatic hydroxyl groups excluding tert-OH is 1. The van der Waals surface area contributed by atoms with Crippen molar-refractivity contribution in [1.29, 1.82) is 0 Å². The van der Waals surface area contributed by atoms with Gasteiger partial charge in [-0.1, -0.05) is 30.3 Å². The number of hydrogen-bond acceptors (Lipinski definition) is 7. The van der Waals surface area contributed by atoms with Gasteiger partial charge in [-0.15, -0.1) is 13.2 Å². The summed E-state index contributed by atoms with van der Waals surface area (Å²) in [7, 11) is 2.87. The average Bonchev–Trinajstić information content (AvgIpc) is 3.46. The van der Waals surface area contributed by atoms with Crippen molar-refractivity contribution in [3.8, 4) is 17.2 Å². The quantitative estimate of drug-likeness (QED) is 0.282. The lowest BCUT2D eigenvalue weighted by Crippen LogP contribution is -2.31. The summed E-state index contributed by atoms with van der Waals surface area (Å²) in [6.07, 6.45) is -4.97. The van der Waals surface area contributed by atoms with E-state index in [1.54, 1.807) is 42.5 Å². The van der Waals surface area contributed by atoms with Crippen molar-refractivity contribution in [3.05, 3.63) is 95.5 Å². The summed E-state index contributed by atoms with van der Waals surface area (Å²) >= 11 is 0. The zero-order valence-electron chi connectivity index (χ0n) is 20.5. The topological polar surface area (TPSA) is 98.4 Å². The SMILES string of the molecule is COc1cccc(C2C(C(=O)c3cc4cccc(OC)c4o3)=C(O)C(=O)N2c2cccc(OC(F)(F)F)c2)c1. The standard InChI is InChI=1S/C28H20F3NO7/c1-36-18-9-3-6-15(12-18)23-22(24(33)21-13-16-7-4-11-20(37-2)26(16)38-21)25(34)27(35)32(23)17-8-5-10-19(14-17)39-28(29,30)31/h3-14,23,34H,1-2H3. The van der Waals surface area contributed by atoms with E-state index in [-0.39, 0.29) is 17.0 Å². The molecule has 39 heavy (non-hydrogen) atoms. The number of halogens is 3. The van der Waals surface area contributed by atoms with Crippen LogP contribution in [0.1, 0.15) is 22.2 Å². The largest absolute Gasteiger partial charge is 0.573 e. The predicted octanol–water partition coefficient (Wildman–Crippen LogP) is 6.13. The fraction of sp³-hybridized carbons (Fsp3) is 0.143. The first-order valence-corrected chi connectivity index (χ1v) is 11.5. The van der Waals surface area contributed by atoms with Crippen molar-refractivity contribution in [2.24, 2.45) is 0 Å². The maximum Gasteiger partial charge on any atom is 0.573 e. The molecule has 0 spiro atoms. The fourth-order valence-corrected chi connectivity index (χ4v) is 4.50. The summed E-state index contributed by atoms with van der Waals surface area (Å²) in [5, 5.41) is 11.5. The molecule has 5 rings (SSSR count). The summed E-state index contributed by atoms with van der Waals surface area (Å²) < 4.78 is 59.0. The van der Waals surface area contributed by atoms with E-state index in [0.717, 1.165) is 17.0 Å². The van der Waals surface area contributed by atoms with Gasteiger partial charge < -0.3 is 23.7 Å². The third-order valence-corrected chi connectivity index (χ3v) is 6.14. The second kappa shape index (κ2) is 9.75. The Kier molecular flexibility index (Phi) is 6.43. The Labute approximate surface area is 219 Å². The molecule has 1 aliphatic heterocycles. The average molecular weight is 539 g/mol. The summed E-state index contributed by atoms with van der Waals surface area (Å²) in [6.45, 7) is 0. The number of aliphatic hydroxyl groups is 1. The van der Waals surface area contributed by atoms with Gasteiger partial charge in [0.2, 0.25) is 5.78 Å². The molecule has 1 unspecified atom stereocenters. The number of amides is 1. The molecule has 0 bridgehead atoms. The number of ether oxygens (including phenoxy) is 3. The molecule has 0 saturated carbocycles. The number of benzene rings is 3. The molecule has 1 amide bonds. The van der Waals surface area contributed by atoms with Crippen LogP contribution in [0, 0.1) is 0 Å². The van der Waals surface area contributed by atoms with E-state index in [0.29, 0.717) is 28.0 Å². The molecule has 2 heterocycles. The van der Waals surface area contributed by atoms with Gasteiger partial charge in [-0.25, -0.2) is 0 Å². The highest BCUT2D eigenvalue weighted by Crippen LogP contribution is 2.44. The molecule has 8 nitrogen and oxygen atoms in total. The van der Waals surface area contributed by atoms with Crippen LogP contribution in [0.25, 0.3) is 11.0 Å². The van der Waals surface area contributed by atoms with Gasteiger partial charge in [0, 0.05) is 17.1 Å². The Balaban J connectivity index is 1.65. The number of hydrogen-bond donors (Lipinski definition) is 1. The second-order valence-electron chi connectivity index (χ2n) is 8.48. The van der Waals surface area contributed by atoms with E-state index in [4.69, 9.17) is 13.9 Å². The van der Waals surface area contributed by atoms with Crippen LogP contribution in [0.2, 0.25) is 0 Å². The molecule has 1 aromatic heterocycles. The first-order chi connectivity index (χ1) is 18.6. The van der Waals surface area contributed by atoms with Crippen LogP contribution in [0.5, 0.6) is 17.2 Å². The Morgan fingerprint density at radius 1 is 0.949 bits per heavy atom. The van der Waals surface area contributed by atoms with Crippen molar-refractivity contribution in [1.82, 2.24) is 0 Å². The molecule has 3 aromatic carbocycles. The molecule has 1 N–H and O–H groups in total. The van der Waals surface area contributed by atoms with E-state index in [1.807, 2.05) is 0 Å². The number of ketones is 1. The maximum atomic E-state index is 13.8. The number of anilines is 1. The van der Waals surface area contributed by atoms with Crippen molar-refractivity contribution in [2.45, 2.75) is 12.4 Å². The van der Waals surface area contributed by atoms with E-state index >= 15 is 0 Å². The highest BCUT2D eigenvalue weighted by atomic mass is 19.4. The molecule has 1 atom stereocenters. The highest BCUT2D eigenvalue weighted by molar-refractivity contribution is 6.20. The van der Waals surface area contributed by atoms with E-state index < -0.39 is 35.6 Å². The van der Waals surface area contributed by atoms with Crippen molar-refractivity contribution in [2.75, 3.05) is 19.1 Å².